The summed E-state index contributed by atoms with van der Waals surface area (Å²) in [5.41, 5.74) is 0.382. The molecule has 1 heterocycles. The van der Waals surface area contributed by atoms with Gasteiger partial charge in [-0.3, -0.25) is 4.79 Å². The number of hydrogen-bond acceptors (Lipinski definition) is 2. The minimum Gasteiger partial charge on any atom is -0.508 e. The van der Waals surface area contributed by atoms with Gasteiger partial charge in [-0.1, -0.05) is 18.5 Å². The molecule has 1 aliphatic heterocycles. The molecule has 3 nitrogen and oxygen atoms in total. The van der Waals surface area contributed by atoms with Gasteiger partial charge in [0.15, 0.2) is 0 Å². The summed E-state index contributed by atoms with van der Waals surface area (Å²) >= 11 is 5.99. The third-order valence-electron chi connectivity index (χ3n) is 3.23. The van der Waals surface area contributed by atoms with Crippen LogP contribution >= 0.6 is 11.6 Å². The lowest BCUT2D eigenvalue weighted by molar-refractivity contribution is 0.0743. The van der Waals surface area contributed by atoms with Crippen molar-refractivity contribution in [2.24, 2.45) is 5.92 Å². The summed E-state index contributed by atoms with van der Waals surface area (Å²) < 4.78 is 0. The maximum atomic E-state index is 12.3. The molecule has 0 aliphatic carbocycles. The van der Waals surface area contributed by atoms with Crippen molar-refractivity contribution in [3.05, 3.63) is 28.8 Å². The van der Waals surface area contributed by atoms with Crippen molar-refractivity contribution in [3.63, 3.8) is 0 Å². The van der Waals surface area contributed by atoms with E-state index in [2.05, 4.69) is 6.92 Å². The van der Waals surface area contributed by atoms with Crippen LogP contribution in [-0.4, -0.2) is 28.5 Å². The van der Waals surface area contributed by atoms with E-state index >= 15 is 0 Å². The second-order valence-electron chi connectivity index (χ2n) is 4.81. The third-order valence-corrected chi connectivity index (χ3v) is 3.55. The number of halogens is 1. The second-order valence-corrected chi connectivity index (χ2v) is 5.22. The molecule has 1 saturated heterocycles. The lowest BCUT2D eigenvalue weighted by Gasteiger charge is -2.22. The number of phenolic OH excluding ortho intramolecular Hbond substituents is 1. The van der Waals surface area contributed by atoms with Crippen molar-refractivity contribution in [2.45, 2.75) is 26.3 Å². The Kier molecular flexibility index (Phi) is 3.29. The lowest BCUT2D eigenvalue weighted by Crippen LogP contribution is -2.34. The third kappa shape index (κ3) is 2.39. The van der Waals surface area contributed by atoms with Crippen LogP contribution in [0.3, 0.4) is 0 Å². The molecule has 1 aromatic rings. The summed E-state index contributed by atoms with van der Waals surface area (Å²) in [5.74, 6) is 0.491. The van der Waals surface area contributed by atoms with E-state index in [1.54, 1.807) is 6.07 Å². The Morgan fingerprint density at radius 1 is 1.47 bits per heavy atom. The van der Waals surface area contributed by atoms with Gasteiger partial charge in [0, 0.05) is 12.6 Å². The van der Waals surface area contributed by atoms with Crippen LogP contribution < -0.4 is 0 Å². The number of phenols is 1. The molecule has 1 amide bonds. The molecule has 92 valence electrons. The summed E-state index contributed by atoms with van der Waals surface area (Å²) in [6, 6.07) is 4.69. The van der Waals surface area contributed by atoms with Gasteiger partial charge in [0.25, 0.3) is 5.91 Å². The molecule has 17 heavy (non-hydrogen) atoms. The minimum absolute atomic E-state index is 0.0673. The first-order valence-electron chi connectivity index (χ1n) is 5.78. The quantitative estimate of drug-likeness (QED) is 0.836. The summed E-state index contributed by atoms with van der Waals surface area (Å²) in [4.78, 5) is 14.1. The highest BCUT2D eigenvalue weighted by Crippen LogP contribution is 2.28. The molecular formula is C13H16ClNO2. The monoisotopic (exact) mass is 253 g/mol. The average molecular weight is 254 g/mol. The molecule has 0 aromatic heterocycles. The molecule has 0 radical (unpaired) electrons. The van der Waals surface area contributed by atoms with Crippen molar-refractivity contribution in [2.75, 3.05) is 6.54 Å². The Hall–Kier alpha value is -1.22. The predicted molar refractivity (Wildman–Crippen MR) is 67.4 cm³/mol. The van der Waals surface area contributed by atoms with Gasteiger partial charge in [-0.2, -0.15) is 0 Å². The van der Waals surface area contributed by atoms with E-state index in [1.807, 2.05) is 11.8 Å². The van der Waals surface area contributed by atoms with Gasteiger partial charge in [-0.25, -0.2) is 0 Å². The number of aromatic hydroxyl groups is 1. The van der Waals surface area contributed by atoms with Gasteiger partial charge in [-0.05, 0) is 37.5 Å². The molecule has 1 aromatic carbocycles. The van der Waals surface area contributed by atoms with Gasteiger partial charge in [0.05, 0.1) is 10.6 Å². The zero-order chi connectivity index (χ0) is 12.6. The molecule has 1 aliphatic rings. The second kappa shape index (κ2) is 4.57. The molecule has 1 fully saturated rings. The maximum Gasteiger partial charge on any atom is 0.255 e. The number of nitrogens with zero attached hydrogens (tertiary/aromatic N) is 1. The first-order valence-corrected chi connectivity index (χ1v) is 6.16. The summed E-state index contributed by atoms with van der Waals surface area (Å²) in [6.07, 6.45) is 1.02. The van der Waals surface area contributed by atoms with Crippen molar-refractivity contribution in [1.82, 2.24) is 4.90 Å². The Labute approximate surface area is 106 Å². The largest absolute Gasteiger partial charge is 0.508 e. The maximum absolute atomic E-state index is 12.3. The molecule has 4 heteroatoms. The van der Waals surface area contributed by atoms with Crippen LogP contribution in [0.25, 0.3) is 0 Å². The van der Waals surface area contributed by atoms with E-state index in [0.29, 0.717) is 16.5 Å². The van der Waals surface area contributed by atoms with Crippen LogP contribution in [0.5, 0.6) is 5.75 Å². The first kappa shape index (κ1) is 12.2. The number of amides is 1. The van der Waals surface area contributed by atoms with E-state index in [-0.39, 0.29) is 17.7 Å². The van der Waals surface area contributed by atoms with E-state index in [9.17, 15) is 9.90 Å². The molecule has 0 bridgehead atoms. The van der Waals surface area contributed by atoms with Gasteiger partial charge in [0.2, 0.25) is 0 Å². The minimum atomic E-state index is -0.0947. The number of benzene rings is 1. The Bertz CT molecular complexity index is 447. The number of rotatable bonds is 1. The Morgan fingerprint density at radius 3 is 2.76 bits per heavy atom. The number of carbonyl (C=O) groups excluding carboxylic acids is 1. The predicted octanol–water partition coefficient (Wildman–Crippen LogP) is 2.92. The SMILES string of the molecule is CC1CC(C)N(C(=O)c2cc(O)ccc2Cl)C1. The number of hydrogen-bond donors (Lipinski definition) is 1. The first-order chi connectivity index (χ1) is 7.99. The highest BCUT2D eigenvalue weighted by molar-refractivity contribution is 6.33. The number of carbonyl (C=O) groups is 1. The highest BCUT2D eigenvalue weighted by atomic mass is 35.5. The topological polar surface area (TPSA) is 40.5 Å². The number of likely N-dealkylation sites (tertiary alicyclic amines) is 1. The van der Waals surface area contributed by atoms with Crippen molar-refractivity contribution < 1.29 is 9.90 Å². The standard InChI is InChI=1S/C13H16ClNO2/c1-8-5-9(2)15(7-8)13(17)11-6-10(16)3-4-12(11)14/h3-4,6,8-9,16H,5,7H2,1-2H3. The van der Waals surface area contributed by atoms with Crippen LogP contribution in [0.2, 0.25) is 5.02 Å². The molecule has 1 N–H and O–H groups in total. The van der Waals surface area contributed by atoms with E-state index in [1.165, 1.54) is 12.1 Å². The molecule has 2 rings (SSSR count). The van der Waals surface area contributed by atoms with Crippen molar-refractivity contribution >= 4 is 17.5 Å². The summed E-state index contributed by atoms with van der Waals surface area (Å²) in [7, 11) is 0. The van der Waals surface area contributed by atoms with Crippen LogP contribution in [0, 0.1) is 5.92 Å². The van der Waals surface area contributed by atoms with Gasteiger partial charge >= 0.3 is 0 Å². The zero-order valence-corrected chi connectivity index (χ0v) is 10.7. The van der Waals surface area contributed by atoms with Gasteiger partial charge in [0.1, 0.15) is 5.75 Å². The zero-order valence-electron chi connectivity index (χ0n) is 9.98. The van der Waals surface area contributed by atoms with Crippen LogP contribution in [0.1, 0.15) is 30.6 Å². The van der Waals surface area contributed by atoms with Crippen LogP contribution in [0.15, 0.2) is 18.2 Å². The fraction of sp³-hybridized carbons (Fsp3) is 0.462. The van der Waals surface area contributed by atoms with E-state index in [4.69, 9.17) is 11.6 Å². The Balaban J connectivity index is 2.28. The van der Waals surface area contributed by atoms with Gasteiger partial charge in [-0.15, -0.1) is 0 Å². The summed E-state index contributed by atoms with van der Waals surface area (Å²) in [5, 5.41) is 9.81. The molecule has 2 atom stereocenters. The highest BCUT2D eigenvalue weighted by Gasteiger charge is 2.31. The van der Waals surface area contributed by atoms with Crippen LogP contribution in [-0.2, 0) is 0 Å². The summed E-state index contributed by atoms with van der Waals surface area (Å²) in [6.45, 7) is 4.93. The van der Waals surface area contributed by atoms with E-state index in [0.717, 1.165) is 13.0 Å². The average Bonchev–Trinajstić information content (AvgIpc) is 2.60. The fourth-order valence-electron chi connectivity index (χ4n) is 2.41. The van der Waals surface area contributed by atoms with Crippen LogP contribution in [0.4, 0.5) is 0 Å². The Morgan fingerprint density at radius 2 is 2.18 bits per heavy atom. The van der Waals surface area contributed by atoms with Crippen molar-refractivity contribution in [3.8, 4) is 5.75 Å². The van der Waals surface area contributed by atoms with Crippen molar-refractivity contribution in [1.29, 1.82) is 0 Å². The molecule has 0 spiro atoms. The molecule has 2 unspecified atom stereocenters. The van der Waals surface area contributed by atoms with Gasteiger partial charge < -0.3 is 10.0 Å². The van der Waals surface area contributed by atoms with E-state index < -0.39 is 0 Å². The molecule has 0 saturated carbocycles. The fourth-order valence-corrected chi connectivity index (χ4v) is 2.61. The lowest BCUT2D eigenvalue weighted by atomic mass is 10.1. The normalized spacial score (nSPS) is 24.1. The smallest absolute Gasteiger partial charge is 0.255 e. The molecular weight excluding hydrogens is 238 g/mol.